The Hall–Kier alpha value is -3.13. The highest BCUT2D eigenvalue weighted by Gasteiger charge is 2.20. The number of carbonyl (C=O) groups excluding carboxylic acids is 1. The molecule has 0 amide bonds. The van der Waals surface area contributed by atoms with Gasteiger partial charge in [0.05, 0.1) is 31.8 Å². The van der Waals surface area contributed by atoms with E-state index in [1.807, 2.05) is 30.3 Å². The molecule has 0 radical (unpaired) electrons. The summed E-state index contributed by atoms with van der Waals surface area (Å²) in [5.74, 6) is 0.756. The van der Waals surface area contributed by atoms with Crippen molar-refractivity contribution >= 4 is 17.3 Å². The summed E-state index contributed by atoms with van der Waals surface area (Å²) >= 11 is 0. The van der Waals surface area contributed by atoms with Crippen molar-refractivity contribution in [1.29, 1.82) is 0 Å². The van der Waals surface area contributed by atoms with Gasteiger partial charge in [-0.25, -0.2) is 0 Å². The second-order valence-electron chi connectivity index (χ2n) is 6.26. The monoisotopic (exact) mass is 384 g/mol. The summed E-state index contributed by atoms with van der Waals surface area (Å²) in [7, 11) is 1.62. The standard InChI is InChI=1S/C20H24N4O4/c1-3-16(25)12-18(26)19-20(21-13-14-4-6-17(27-2)7-5-14)23-24(22-19)15-8-10-28-11-9-15/h4-8,12,25H,3,9-11,13H2,1-2H3,(H,21,23). The fourth-order valence-corrected chi connectivity index (χ4v) is 2.67. The minimum Gasteiger partial charge on any atom is -0.512 e. The van der Waals surface area contributed by atoms with Crippen molar-refractivity contribution in [2.45, 2.75) is 26.3 Å². The van der Waals surface area contributed by atoms with Gasteiger partial charge in [0.2, 0.25) is 5.78 Å². The number of ketones is 1. The van der Waals surface area contributed by atoms with Crippen LogP contribution in [0.15, 0.2) is 42.2 Å². The van der Waals surface area contributed by atoms with Gasteiger partial charge in [0.1, 0.15) is 5.75 Å². The van der Waals surface area contributed by atoms with Gasteiger partial charge in [-0.05, 0) is 23.8 Å². The SMILES string of the molecule is CCC(O)=CC(=O)c1nn(C2=CCOCC2)nc1NCc1ccc(OC)cc1. The van der Waals surface area contributed by atoms with E-state index in [4.69, 9.17) is 9.47 Å². The molecule has 8 nitrogen and oxygen atoms in total. The Bertz CT molecular complexity index is 884. The van der Waals surface area contributed by atoms with Crippen LogP contribution in [-0.2, 0) is 11.3 Å². The quantitative estimate of drug-likeness (QED) is 0.410. The zero-order valence-electron chi connectivity index (χ0n) is 16.0. The van der Waals surface area contributed by atoms with Crippen molar-refractivity contribution < 1.29 is 19.4 Å². The third-order valence-corrected chi connectivity index (χ3v) is 4.32. The molecule has 0 aliphatic carbocycles. The van der Waals surface area contributed by atoms with Gasteiger partial charge in [0, 0.05) is 25.5 Å². The lowest BCUT2D eigenvalue weighted by Gasteiger charge is -2.11. The molecule has 0 unspecified atom stereocenters. The van der Waals surface area contributed by atoms with Crippen LogP contribution in [-0.4, -0.2) is 46.2 Å². The number of ether oxygens (including phenoxy) is 2. The van der Waals surface area contributed by atoms with Crippen LogP contribution in [0.1, 0.15) is 35.8 Å². The summed E-state index contributed by atoms with van der Waals surface area (Å²) in [5.41, 5.74) is 2.05. The number of carbonyl (C=O) groups is 1. The smallest absolute Gasteiger partial charge is 0.213 e. The van der Waals surface area contributed by atoms with Crippen molar-refractivity contribution in [3.05, 3.63) is 53.4 Å². The third kappa shape index (κ3) is 4.77. The van der Waals surface area contributed by atoms with Crippen molar-refractivity contribution in [2.75, 3.05) is 25.6 Å². The Labute approximate surface area is 163 Å². The van der Waals surface area contributed by atoms with Crippen LogP contribution in [0.4, 0.5) is 5.82 Å². The van der Waals surface area contributed by atoms with Gasteiger partial charge in [-0.15, -0.1) is 10.2 Å². The van der Waals surface area contributed by atoms with E-state index in [0.29, 0.717) is 38.4 Å². The molecule has 3 rings (SSSR count). The topological polar surface area (TPSA) is 98.5 Å². The minimum absolute atomic E-state index is 0.00550. The number of nitrogens with one attached hydrogen (secondary N) is 1. The molecule has 1 aromatic carbocycles. The molecule has 148 valence electrons. The number of nitrogens with zero attached hydrogens (tertiary/aromatic N) is 3. The summed E-state index contributed by atoms with van der Waals surface area (Å²) in [6.07, 6.45) is 4.11. The second-order valence-corrected chi connectivity index (χ2v) is 6.26. The maximum Gasteiger partial charge on any atom is 0.213 e. The Balaban J connectivity index is 1.84. The molecule has 1 aromatic heterocycles. The number of aliphatic hydroxyl groups is 1. The number of hydrogen-bond acceptors (Lipinski definition) is 7. The van der Waals surface area contributed by atoms with E-state index in [2.05, 4.69) is 15.5 Å². The Morgan fingerprint density at radius 3 is 2.79 bits per heavy atom. The molecule has 0 bridgehead atoms. The van der Waals surface area contributed by atoms with Crippen LogP contribution in [0.2, 0.25) is 0 Å². The number of hydrogen-bond donors (Lipinski definition) is 2. The van der Waals surface area contributed by atoms with E-state index in [1.54, 1.807) is 14.0 Å². The van der Waals surface area contributed by atoms with Crippen LogP contribution in [0.3, 0.4) is 0 Å². The first-order valence-electron chi connectivity index (χ1n) is 9.16. The summed E-state index contributed by atoms with van der Waals surface area (Å²) in [5, 5.41) is 21.7. The molecule has 0 spiro atoms. The summed E-state index contributed by atoms with van der Waals surface area (Å²) in [6, 6.07) is 7.60. The zero-order valence-corrected chi connectivity index (χ0v) is 16.0. The Kier molecular flexibility index (Phi) is 6.44. The first kappa shape index (κ1) is 19.6. The highest BCUT2D eigenvalue weighted by atomic mass is 16.5. The van der Waals surface area contributed by atoms with Gasteiger partial charge in [0.25, 0.3) is 0 Å². The Morgan fingerprint density at radius 2 is 2.14 bits per heavy atom. The molecule has 2 N–H and O–H groups in total. The largest absolute Gasteiger partial charge is 0.512 e. The molecule has 0 fully saturated rings. The van der Waals surface area contributed by atoms with Crippen molar-refractivity contribution in [2.24, 2.45) is 0 Å². The van der Waals surface area contributed by atoms with Gasteiger partial charge in [-0.3, -0.25) is 4.79 Å². The lowest BCUT2D eigenvalue weighted by molar-refractivity contribution is 0.103. The number of anilines is 1. The van der Waals surface area contributed by atoms with Gasteiger partial charge >= 0.3 is 0 Å². The van der Waals surface area contributed by atoms with Crippen LogP contribution in [0.25, 0.3) is 5.70 Å². The van der Waals surface area contributed by atoms with E-state index in [1.165, 1.54) is 10.9 Å². The maximum atomic E-state index is 12.6. The van der Waals surface area contributed by atoms with Crippen molar-refractivity contribution in [1.82, 2.24) is 15.0 Å². The molecule has 2 heterocycles. The lowest BCUT2D eigenvalue weighted by atomic mass is 10.2. The number of rotatable bonds is 8. The third-order valence-electron chi connectivity index (χ3n) is 4.32. The van der Waals surface area contributed by atoms with Crippen LogP contribution in [0, 0.1) is 0 Å². The molecule has 0 saturated carbocycles. The zero-order chi connectivity index (χ0) is 19.9. The number of benzene rings is 1. The van der Waals surface area contributed by atoms with Crippen LogP contribution in [0.5, 0.6) is 5.75 Å². The normalized spacial score (nSPS) is 14.5. The molecule has 2 aromatic rings. The second kappa shape index (κ2) is 9.18. The van der Waals surface area contributed by atoms with Crippen LogP contribution >= 0.6 is 0 Å². The van der Waals surface area contributed by atoms with E-state index in [9.17, 15) is 9.90 Å². The number of aliphatic hydroxyl groups excluding tert-OH is 1. The highest BCUT2D eigenvalue weighted by Crippen LogP contribution is 2.19. The molecule has 0 saturated heterocycles. The predicted octanol–water partition coefficient (Wildman–Crippen LogP) is 3.19. The Morgan fingerprint density at radius 1 is 1.36 bits per heavy atom. The van der Waals surface area contributed by atoms with Gasteiger partial charge in [-0.1, -0.05) is 19.1 Å². The predicted molar refractivity (Wildman–Crippen MR) is 105 cm³/mol. The van der Waals surface area contributed by atoms with Crippen LogP contribution < -0.4 is 10.1 Å². The molecular formula is C20H24N4O4. The number of allylic oxidation sites excluding steroid dienone is 2. The molecule has 1 aliphatic heterocycles. The molecule has 8 heteroatoms. The summed E-state index contributed by atoms with van der Waals surface area (Å²) in [4.78, 5) is 14.0. The summed E-state index contributed by atoms with van der Waals surface area (Å²) in [6.45, 7) is 3.31. The molecule has 0 atom stereocenters. The molecular weight excluding hydrogens is 360 g/mol. The first-order valence-corrected chi connectivity index (χ1v) is 9.16. The van der Waals surface area contributed by atoms with Crippen molar-refractivity contribution in [3.8, 4) is 5.75 Å². The van der Waals surface area contributed by atoms with E-state index in [0.717, 1.165) is 17.0 Å². The maximum absolute atomic E-state index is 12.6. The van der Waals surface area contributed by atoms with E-state index >= 15 is 0 Å². The van der Waals surface area contributed by atoms with Gasteiger partial charge in [-0.2, -0.15) is 4.80 Å². The highest BCUT2D eigenvalue weighted by molar-refractivity contribution is 6.06. The average Bonchev–Trinajstić information content (AvgIpc) is 3.17. The van der Waals surface area contributed by atoms with Gasteiger partial charge in [0.15, 0.2) is 11.5 Å². The van der Waals surface area contributed by atoms with Crippen molar-refractivity contribution in [3.63, 3.8) is 0 Å². The number of methoxy groups -OCH3 is 1. The lowest BCUT2D eigenvalue weighted by Crippen LogP contribution is -2.11. The van der Waals surface area contributed by atoms with E-state index < -0.39 is 5.78 Å². The minimum atomic E-state index is -0.393. The van der Waals surface area contributed by atoms with Gasteiger partial charge < -0.3 is 19.9 Å². The fourth-order valence-electron chi connectivity index (χ4n) is 2.67. The van der Waals surface area contributed by atoms with E-state index in [-0.39, 0.29) is 11.5 Å². The molecule has 28 heavy (non-hydrogen) atoms. The fraction of sp³-hybridized carbons (Fsp3) is 0.350. The number of aromatic nitrogens is 3. The average molecular weight is 384 g/mol. The summed E-state index contributed by atoms with van der Waals surface area (Å²) < 4.78 is 10.5. The molecule has 1 aliphatic rings. The first-order chi connectivity index (χ1) is 13.6.